The van der Waals surface area contributed by atoms with Gasteiger partial charge in [0.15, 0.2) is 6.16 Å². The maximum Gasteiger partial charge on any atom is 0.508 e. The van der Waals surface area contributed by atoms with Gasteiger partial charge in [-0.3, -0.25) is 0 Å². The van der Waals surface area contributed by atoms with E-state index in [0.717, 1.165) is 25.7 Å². The second kappa shape index (κ2) is 9.88. The second-order valence-electron chi connectivity index (χ2n) is 2.91. The third-order valence-corrected chi connectivity index (χ3v) is 2.71. The van der Waals surface area contributed by atoms with Crippen molar-refractivity contribution in [2.75, 3.05) is 12.8 Å². The number of hydrogen-bond acceptors (Lipinski definition) is 2. The minimum absolute atomic E-state index is 0.625. The van der Waals surface area contributed by atoms with Crippen LogP contribution in [-0.4, -0.2) is 12.8 Å². The summed E-state index contributed by atoms with van der Waals surface area (Å²) in [7, 11) is -1.39. The predicted octanol–water partition coefficient (Wildman–Crippen LogP) is 3.90. The molecule has 0 bridgehead atoms. The maximum absolute atomic E-state index is 11.1. The van der Waals surface area contributed by atoms with Gasteiger partial charge >= 0.3 is 8.03 Å². The van der Waals surface area contributed by atoms with Crippen LogP contribution < -0.4 is 0 Å². The molecule has 0 aromatic rings. The van der Waals surface area contributed by atoms with Gasteiger partial charge in [0, 0.05) is 0 Å². The molecule has 0 saturated heterocycles. The standard InChI is InChI=1S/C10H20O2P/c1-3-5-6-7-8-10-13(11)12-9-4-2/h5-6H,3-4,7-10H2,1-2H3/q+1. The molecule has 0 radical (unpaired) electrons. The van der Waals surface area contributed by atoms with Crippen LogP contribution in [0.2, 0.25) is 0 Å². The van der Waals surface area contributed by atoms with E-state index in [1.54, 1.807) is 0 Å². The first-order chi connectivity index (χ1) is 6.31. The SMILES string of the molecule is CCC=CCCC[P+](=O)OCCC. The molecule has 0 fully saturated rings. The molecule has 2 nitrogen and oxygen atoms in total. The molecular formula is C10H20O2P+. The van der Waals surface area contributed by atoms with Gasteiger partial charge in [0.2, 0.25) is 0 Å². The van der Waals surface area contributed by atoms with Crippen LogP contribution in [0.3, 0.4) is 0 Å². The van der Waals surface area contributed by atoms with E-state index in [-0.39, 0.29) is 0 Å². The molecular weight excluding hydrogens is 183 g/mol. The van der Waals surface area contributed by atoms with Gasteiger partial charge in [-0.25, -0.2) is 0 Å². The van der Waals surface area contributed by atoms with Gasteiger partial charge in [0.25, 0.3) is 0 Å². The zero-order chi connectivity index (χ0) is 9.94. The summed E-state index contributed by atoms with van der Waals surface area (Å²) in [6.07, 6.45) is 8.99. The molecule has 76 valence electrons. The molecule has 0 heterocycles. The minimum atomic E-state index is -1.39. The highest BCUT2D eigenvalue weighted by Gasteiger charge is 2.14. The highest BCUT2D eigenvalue weighted by Crippen LogP contribution is 2.23. The highest BCUT2D eigenvalue weighted by atomic mass is 31.1. The summed E-state index contributed by atoms with van der Waals surface area (Å²) in [5.74, 6) is 0. The van der Waals surface area contributed by atoms with Crippen LogP contribution in [0.15, 0.2) is 12.2 Å². The molecule has 1 atom stereocenters. The quantitative estimate of drug-likeness (QED) is 0.339. The fourth-order valence-corrected chi connectivity index (χ4v) is 1.84. The Balaban J connectivity index is 3.21. The van der Waals surface area contributed by atoms with E-state index >= 15 is 0 Å². The Labute approximate surface area is 82.2 Å². The predicted molar refractivity (Wildman–Crippen MR) is 57.4 cm³/mol. The Morgan fingerprint density at radius 3 is 2.69 bits per heavy atom. The van der Waals surface area contributed by atoms with E-state index in [1.807, 2.05) is 6.92 Å². The average Bonchev–Trinajstić information content (AvgIpc) is 2.14. The van der Waals surface area contributed by atoms with E-state index in [0.29, 0.717) is 12.8 Å². The highest BCUT2D eigenvalue weighted by molar-refractivity contribution is 7.39. The summed E-state index contributed by atoms with van der Waals surface area (Å²) < 4.78 is 16.2. The topological polar surface area (TPSA) is 26.3 Å². The summed E-state index contributed by atoms with van der Waals surface area (Å²) in [5.41, 5.74) is 0. The fourth-order valence-electron chi connectivity index (χ4n) is 0.880. The minimum Gasteiger partial charge on any atom is -0.146 e. The molecule has 1 unspecified atom stereocenters. The van der Waals surface area contributed by atoms with Crippen molar-refractivity contribution in [3.63, 3.8) is 0 Å². The van der Waals surface area contributed by atoms with Gasteiger partial charge in [-0.05, 0) is 30.2 Å². The Bertz CT molecular complexity index is 155. The third kappa shape index (κ3) is 9.72. The van der Waals surface area contributed by atoms with Crippen molar-refractivity contribution in [2.45, 2.75) is 39.5 Å². The van der Waals surface area contributed by atoms with Crippen molar-refractivity contribution in [3.8, 4) is 0 Å². The van der Waals surface area contributed by atoms with Crippen molar-refractivity contribution in [3.05, 3.63) is 12.2 Å². The Morgan fingerprint density at radius 2 is 2.08 bits per heavy atom. The van der Waals surface area contributed by atoms with Gasteiger partial charge < -0.3 is 0 Å². The molecule has 0 aliphatic heterocycles. The van der Waals surface area contributed by atoms with Gasteiger partial charge in [0.1, 0.15) is 6.61 Å². The first kappa shape index (κ1) is 12.8. The number of unbranched alkanes of at least 4 members (excludes halogenated alkanes) is 1. The van der Waals surface area contributed by atoms with Crippen molar-refractivity contribution in [1.82, 2.24) is 0 Å². The van der Waals surface area contributed by atoms with E-state index < -0.39 is 8.03 Å². The largest absolute Gasteiger partial charge is 0.508 e. The van der Waals surface area contributed by atoms with Crippen LogP contribution in [0.25, 0.3) is 0 Å². The zero-order valence-electron chi connectivity index (χ0n) is 8.66. The normalized spacial score (nSPS) is 12.3. The lowest BCUT2D eigenvalue weighted by Crippen LogP contribution is -1.86. The molecule has 0 aliphatic rings. The third-order valence-electron chi connectivity index (χ3n) is 1.55. The monoisotopic (exact) mass is 203 g/mol. The first-order valence-corrected chi connectivity index (χ1v) is 6.40. The lowest BCUT2D eigenvalue weighted by molar-refractivity contribution is 0.328. The number of hydrogen-bond donors (Lipinski definition) is 0. The molecule has 0 aliphatic carbocycles. The smallest absolute Gasteiger partial charge is 0.146 e. The zero-order valence-corrected chi connectivity index (χ0v) is 9.56. The van der Waals surface area contributed by atoms with Crippen LogP contribution in [0, 0.1) is 0 Å². The second-order valence-corrected chi connectivity index (χ2v) is 4.28. The molecule has 13 heavy (non-hydrogen) atoms. The molecule has 0 N–H and O–H groups in total. The lowest BCUT2D eigenvalue weighted by atomic mass is 10.3. The van der Waals surface area contributed by atoms with E-state index in [4.69, 9.17) is 4.52 Å². The summed E-state index contributed by atoms with van der Waals surface area (Å²) in [6.45, 7) is 4.76. The van der Waals surface area contributed by atoms with Gasteiger partial charge in [-0.15, -0.1) is 4.52 Å². The summed E-state index contributed by atoms with van der Waals surface area (Å²) in [6, 6.07) is 0. The van der Waals surface area contributed by atoms with Crippen LogP contribution in [-0.2, 0) is 9.09 Å². The average molecular weight is 203 g/mol. The van der Waals surface area contributed by atoms with Crippen molar-refractivity contribution < 1.29 is 9.09 Å². The van der Waals surface area contributed by atoms with Gasteiger partial charge in [0.05, 0.1) is 0 Å². The van der Waals surface area contributed by atoms with E-state index in [9.17, 15) is 4.57 Å². The van der Waals surface area contributed by atoms with Crippen LogP contribution >= 0.6 is 8.03 Å². The summed E-state index contributed by atoms with van der Waals surface area (Å²) >= 11 is 0. The number of allylic oxidation sites excluding steroid dienone is 2. The Kier molecular flexibility index (Phi) is 9.73. The summed E-state index contributed by atoms with van der Waals surface area (Å²) in [5, 5.41) is 0. The van der Waals surface area contributed by atoms with Crippen molar-refractivity contribution in [1.29, 1.82) is 0 Å². The van der Waals surface area contributed by atoms with Crippen LogP contribution in [0.4, 0.5) is 0 Å². The molecule has 0 aromatic carbocycles. The molecule has 0 aromatic heterocycles. The molecule has 0 saturated carbocycles. The fraction of sp³-hybridized carbons (Fsp3) is 0.800. The van der Waals surface area contributed by atoms with Gasteiger partial charge in [-0.1, -0.05) is 26.0 Å². The Hall–Kier alpha value is -0.200. The van der Waals surface area contributed by atoms with Crippen LogP contribution in [0.5, 0.6) is 0 Å². The maximum atomic E-state index is 11.1. The lowest BCUT2D eigenvalue weighted by Gasteiger charge is -1.88. The van der Waals surface area contributed by atoms with Gasteiger partial charge in [-0.2, -0.15) is 0 Å². The molecule has 0 rings (SSSR count). The van der Waals surface area contributed by atoms with Crippen LogP contribution in [0.1, 0.15) is 39.5 Å². The Morgan fingerprint density at radius 1 is 1.31 bits per heavy atom. The molecule has 0 spiro atoms. The van der Waals surface area contributed by atoms with E-state index in [2.05, 4.69) is 19.1 Å². The molecule has 3 heteroatoms. The number of rotatable bonds is 8. The van der Waals surface area contributed by atoms with Crippen molar-refractivity contribution in [2.24, 2.45) is 0 Å². The van der Waals surface area contributed by atoms with Crippen molar-refractivity contribution >= 4 is 8.03 Å². The summed E-state index contributed by atoms with van der Waals surface area (Å²) in [4.78, 5) is 0. The first-order valence-electron chi connectivity index (χ1n) is 5.03. The van der Waals surface area contributed by atoms with E-state index in [1.165, 1.54) is 0 Å². The molecule has 0 amide bonds.